The van der Waals surface area contributed by atoms with Crippen molar-refractivity contribution >= 4 is 17.6 Å². The molecule has 152 valence electrons. The maximum atomic E-state index is 12.8. The molecular formula is C19H32N4O4. The van der Waals surface area contributed by atoms with Gasteiger partial charge in [-0.3, -0.25) is 14.4 Å². The molecule has 0 aliphatic carbocycles. The third-order valence-electron chi connectivity index (χ3n) is 4.46. The minimum Gasteiger partial charge on any atom is -0.396 e. The van der Waals surface area contributed by atoms with Gasteiger partial charge in [0.25, 0.3) is 0 Å². The van der Waals surface area contributed by atoms with Gasteiger partial charge in [0.15, 0.2) is 5.78 Å². The number of ketones is 1. The van der Waals surface area contributed by atoms with Gasteiger partial charge in [0.1, 0.15) is 6.04 Å². The van der Waals surface area contributed by atoms with Crippen molar-refractivity contribution < 1.29 is 19.5 Å². The van der Waals surface area contributed by atoms with E-state index in [-0.39, 0.29) is 37.1 Å². The molecule has 8 nitrogen and oxygen atoms in total. The molecule has 27 heavy (non-hydrogen) atoms. The Morgan fingerprint density at radius 2 is 1.78 bits per heavy atom. The number of aliphatic hydroxyl groups excluding tert-OH is 1. The summed E-state index contributed by atoms with van der Waals surface area (Å²) < 4.78 is 1.78. The van der Waals surface area contributed by atoms with Gasteiger partial charge in [-0.1, -0.05) is 20.8 Å². The Labute approximate surface area is 160 Å². The second-order valence-corrected chi connectivity index (χ2v) is 7.48. The van der Waals surface area contributed by atoms with Crippen LogP contribution in [0.1, 0.15) is 46.2 Å². The molecule has 3 N–H and O–H groups in total. The number of carbonyl (C=O) groups is 3. The summed E-state index contributed by atoms with van der Waals surface area (Å²) in [7, 11) is 1.81. The summed E-state index contributed by atoms with van der Waals surface area (Å²) in [5.41, 5.74) is 0.786. The number of aromatic nitrogens is 2. The van der Waals surface area contributed by atoms with Crippen LogP contribution in [0, 0.1) is 11.8 Å². The van der Waals surface area contributed by atoms with Gasteiger partial charge >= 0.3 is 0 Å². The second kappa shape index (κ2) is 10.8. The highest BCUT2D eigenvalue weighted by atomic mass is 16.3. The highest BCUT2D eigenvalue weighted by Gasteiger charge is 2.27. The number of aliphatic hydroxyl groups is 1. The molecule has 1 heterocycles. The fourth-order valence-electron chi connectivity index (χ4n) is 2.91. The largest absolute Gasteiger partial charge is 0.396 e. The fraction of sp³-hybridized carbons (Fsp3) is 0.684. The summed E-state index contributed by atoms with van der Waals surface area (Å²) in [6.45, 7) is 7.05. The molecule has 0 bridgehead atoms. The zero-order chi connectivity index (χ0) is 20.6. The van der Waals surface area contributed by atoms with E-state index in [1.807, 2.05) is 27.8 Å². The number of aryl methyl sites for hydroxylation is 1. The first-order valence-electron chi connectivity index (χ1n) is 9.32. The monoisotopic (exact) mass is 380 g/mol. The van der Waals surface area contributed by atoms with Crippen LogP contribution >= 0.6 is 0 Å². The average Bonchev–Trinajstić information content (AvgIpc) is 2.97. The zero-order valence-corrected chi connectivity index (χ0v) is 16.9. The fourth-order valence-corrected chi connectivity index (χ4v) is 2.91. The molecule has 8 heteroatoms. The van der Waals surface area contributed by atoms with E-state index in [4.69, 9.17) is 5.11 Å². The third-order valence-corrected chi connectivity index (χ3v) is 4.46. The van der Waals surface area contributed by atoms with Crippen LogP contribution in [0.5, 0.6) is 0 Å². The molecule has 1 aromatic heterocycles. The van der Waals surface area contributed by atoms with Gasteiger partial charge in [-0.2, -0.15) is 0 Å². The quantitative estimate of drug-likeness (QED) is 0.520. The Balaban J connectivity index is 2.92. The van der Waals surface area contributed by atoms with E-state index in [0.717, 1.165) is 5.69 Å². The first-order valence-corrected chi connectivity index (χ1v) is 9.32. The van der Waals surface area contributed by atoms with Gasteiger partial charge in [-0.25, -0.2) is 4.98 Å². The Hall–Kier alpha value is -2.22. The number of imidazole rings is 1. The minimum atomic E-state index is -0.831. The average molecular weight is 380 g/mol. The molecule has 0 spiro atoms. The molecule has 0 radical (unpaired) electrons. The van der Waals surface area contributed by atoms with Crippen molar-refractivity contribution in [2.24, 2.45) is 18.9 Å². The summed E-state index contributed by atoms with van der Waals surface area (Å²) in [5, 5.41) is 14.5. The number of carbonyl (C=O) groups excluding carboxylic acids is 3. The Morgan fingerprint density at radius 3 is 2.26 bits per heavy atom. The molecular weight excluding hydrogens is 348 g/mol. The van der Waals surface area contributed by atoms with Gasteiger partial charge in [-0.05, 0) is 25.7 Å². The number of nitrogens with zero attached hydrogens (tertiary/aromatic N) is 2. The van der Waals surface area contributed by atoms with Gasteiger partial charge in [0, 0.05) is 37.9 Å². The first-order chi connectivity index (χ1) is 12.6. The number of rotatable bonds is 11. The number of Topliss-reactive ketones (excluding diaryl/α,β-unsaturated/α-hetero) is 1. The van der Waals surface area contributed by atoms with Crippen LogP contribution in [0.2, 0.25) is 0 Å². The molecule has 2 amide bonds. The predicted octanol–water partition coefficient (Wildman–Crippen LogP) is 0.586. The van der Waals surface area contributed by atoms with E-state index in [1.165, 1.54) is 6.92 Å². The van der Waals surface area contributed by atoms with Crippen molar-refractivity contribution in [3.8, 4) is 0 Å². The number of amides is 2. The lowest BCUT2D eigenvalue weighted by atomic mass is 9.97. The standard InChI is InChI=1S/C19H32N4O4/c1-12(2)8-13(3)18(26)22-17(9-15-10-20-11-23(15)5)19(27)21-16(6-7-24)14(4)25/h10-13,16-17,24H,6-9H2,1-5H3,(H,21,27)(H,22,26)/t13-,16-,17-/m0/s1. The van der Waals surface area contributed by atoms with Crippen LogP contribution in [-0.4, -0.2) is 50.9 Å². The lowest BCUT2D eigenvalue weighted by Crippen LogP contribution is -2.53. The van der Waals surface area contributed by atoms with Crippen molar-refractivity contribution in [2.75, 3.05) is 6.61 Å². The molecule has 0 saturated carbocycles. The van der Waals surface area contributed by atoms with Gasteiger partial charge in [-0.15, -0.1) is 0 Å². The van der Waals surface area contributed by atoms with E-state index >= 15 is 0 Å². The minimum absolute atomic E-state index is 0.136. The maximum absolute atomic E-state index is 12.8. The van der Waals surface area contributed by atoms with Crippen molar-refractivity contribution in [2.45, 2.75) is 59.0 Å². The molecule has 1 rings (SSSR count). The van der Waals surface area contributed by atoms with E-state index in [9.17, 15) is 14.4 Å². The van der Waals surface area contributed by atoms with E-state index < -0.39 is 18.0 Å². The van der Waals surface area contributed by atoms with Crippen molar-refractivity contribution in [3.63, 3.8) is 0 Å². The van der Waals surface area contributed by atoms with E-state index in [2.05, 4.69) is 15.6 Å². The van der Waals surface area contributed by atoms with Crippen molar-refractivity contribution in [3.05, 3.63) is 18.2 Å². The molecule has 0 unspecified atom stereocenters. The first kappa shape index (κ1) is 22.8. The lowest BCUT2D eigenvalue weighted by molar-refractivity contribution is -0.132. The molecule has 0 saturated heterocycles. The van der Waals surface area contributed by atoms with Crippen LogP contribution in [0.4, 0.5) is 0 Å². The normalized spacial score (nSPS) is 14.5. The van der Waals surface area contributed by atoms with Crippen LogP contribution in [0.25, 0.3) is 0 Å². The number of nitrogens with one attached hydrogen (secondary N) is 2. The third kappa shape index (κ3) is 7.50. The van der Waals surface area contributed by atoms with Crippen molar-refractivity contribution in [1.82, 2.24) is 20.2 Å². The van der Waals surface area contributed by atoms with Crippen LogP contribution in [0.15, 0.2) is 12.5 Å². The molecule has 1 aromatic rings. The number of hydrogen-bond acceptors (Lipinski definition) is 5. The van der Waals surface area contributed by atoms with Crippen LogP contribution in [-0.2, 0) is 27.9 Å². The predicted molar refractivity (Wildman–Crippen MR) is 102 cm³/mol. The summed E-state index contributed by atoms with van der Waals surface area (Å²) in [4.78, 5) is 41.0. The Morgan fingerprint density at radius 1 is 1.15 bits per heavy atom. The summed E-state index contributed by atoms with van der Waals surface area (Å²) in [6, 6.07) is -1.61. The summed E-state index contributed by atoms with van der Waals surface area (Å²) >= 11 is 0. The lowest BCUT2D eigenvalue weighted by Gasteiger charge is -2.24. The van der Waals surface area contributed by atoms with Gasteiger partial charge < -0.3 is 20.3 Å². The van der Waals surface area contributed by atoms with E-state index in [1.54, 1.807) is 17.1 Å². The SMILES string of the molecule is CC(=O)[C@H](CCO)NC(=O)[C@H](Cc1cncn1C)NC(=O)[C@@H](C)CC(C)C. The molecule has 3 atom stereocenters. The van der Waals surface area contributed by atoms with Crippen LogP contribution in [0.3, 0.4) is 0 Å². The van der Waals surface area contributed by atoms with Crippen LogP contribution < -0.4 is 10.6 Å². The maximum Gasteiger partial charge on any atom is 0.243 e. The second-order valence-electron chi connectivity index (χ2n) is 7.48. The smallest absolute Gasteiger partial charge is 0.243 e. The van der Waals surface area contributed by atoms with E-state index in [0.29, 0.717) is 12.3 Å². The number of hydrogen-bond donors (Lipinski definition) is 3. The highest BCUT2D eigenvalue weighted by Crippen LogP contribution is 2.12. The van der Waals surface area contributed by atoms with Gasteiger partial charge in [0.2, 0.25) is 11.8 Å². The summed E-state index contributed by atoms with van der Waals surface area (Å²) in [5.74, 6) is -0.756. The molecule has 0 aliphatic rings. The Bertz CT molecular complexity index is 641. The highest BCUT2D eigenvalue weighted by molar-refractivity contribution is 5.92. The zero-order valence-electron chi connectivity index (χ0n) is 16.9. The molecule has 0 fully saturated rings. The van der Waals surface area contributed by atoms with Gasteiger partial charge in [0.05, 0.1) is 12.4 Å². The summed E-state index contributed by atoms with van der Waals surface area (Å²) in [6.07, 6.45) is 4.37. The van der Waals surface area contributed by atoms with Crippen molar-refractivity contribution in [1.29, 1.82) is 0 Å². The molecule has 0 aliphatic heterocycles. The molecule has 0 aromatic carbocycles. The Kier molecular flexibility index (Phi) is 9.14. The topological polar surface area (TPSA) is 113 Å².